The number of nitrogens with zero attached hydrogens (tertiary/aromatic N) is 2. The molecule has 2 fully saturated rings. The molecule has 2 saturated heterocycles. The van der Waals surface area contributed by atoms with E-state index in [4.69, 9.17) is 0 Å². The molecule has 2 amide bonds. The second-order valence-electron chi connectivity index (χ2n) is 6.89. The van der Waals surface area contributed by atoms with Gasteiger partial charge in [0.2, 0.25) is 11.8 Å². The zero-order valence-electron chi connectivity index (χ0n) is 13.8. The normalized spacial score (nSPS) is 29.1. The Kier molecular flexibility index (Phi) is 5.25. The molecule has 5 nitrogen and oxygen atoms in total. The maximum absolute atomic E-state index is 12.7. The predicted octanol–water partition coefficient (Wildman–Crippen LogP) is 1.09. The van der Waals surface area contributed by atoms with Gasteiger partial charge in [0.25, 0.3) is 0 Å². The third-order valence-electron chi connectivity index (χ3n) is 4.87. The maximum Gasteiger partial charge on any atom is 0.246 e. The maximum atomic E-state index is 12.7. The van der Waals surface area contributed by atoms with Crippen LogP contribution in [-0.2, 0) is 9.59 Å². The monoisotopic (exact) mass is 295 g/mol. The van der Waals surface area contributed by atoms with Crippen molar-refractivity contribution in [2.45, 2.75) is 52.1 Å². The number of piperidine rings is 1. The fourth-order valence-corrected chi connectivity index (χ4v) is 3.38. The van der Waals surface area contributed by atoms with Gasteiger partial charge < -0.3 is 15.1 Å². The van der Waals surface area contributed by atoms with E-state index in [9.17, 15) is 9.59 Å². The minimum atomic E-state index is -0.355. The number of piperazine rings is 1. The number of nitrogens with one attached hydrogen (secondary N) is 1. The Balaban J connectivity index is 2.08. The number of carbonyl (C=O) groups excluding carboxylic acids is 2. The number of rotatable bonds is 4. The van der Waals surface area contributed by atoms with E-state index < -0.39 is 0 Å². The highest BCUT2D eigenvalue weighted by Gasteiger charge is 2.41. The van der Waals surface area contributed by atoms with Gasteiger partial charge in [0.15, 0.2) is 0 Å². The summed E-state index contributed by atoms with van der Waals surface area (Å²) in [7, 11) is 2.14. The number of amides is 2. The molecule has 1 N–H and O–H groups in total. The van der Waals surface area contributed by atoms with Gasteiger partial charge in [0.05, 0.1) is 0 Å². The van der Waals surface area contributed by atoms with Crippen molar-refractivity contribution < 1.29 is 9.59 Å². The van der Waals surface area contributed by atoms with Gasteiger partial charge >= 0.3 is 0 Å². The van der Waals surface area contributed by atoms with E-state index in [2.05, 4.69) is 17.3 Å². The van der Waals surface area contributed by atoms with E-state index in [1.807, 2.05) is 25.7 Å². The summed E-state index contributed by atoms with van der Waals surface area (Å²) in [5, 5.41) is 2.90. The molecule has 120 valence electrons. The van der Waals surface area contributed by atoms with E-state index in [1.54, 1.807) is 0 Å². The fourth-order valence-electron chi connectivity index (χ4n) is 3.38. The molecule has 2 aliphatic heterocycles. The first-order valence-corrected chi connectivity index (χ1v) is 8.23. The first-order chi connectivity index (χ1) is 9.93. The Morgan fingerprint density at radius 1 is 1.24 bits per heavy atom. The molecule has 5 heteroatoms. The van der Waals surface area contributed by atoms with E-state index in [1.165, 1.54) is 0 Å². The van der Waals surface area contributed by atoms with E-state index in [0.717, 1.165) is 32.5 Å². The third-order valence-corrected chi connectivity index (χ3v) is 4.87. The van der Waals surface area contributed by atoms with Crippen molar-refractivity contribution in [3.63, 3.8) is 0 Å². The Bertz CT molecular complexity index is 389. The van der Waals surface area contributed by atoms with Gasteiger partial charge in [-0.1, -0.05) is 20.8 Å². The highest BCUT2D eigenvalue weighted by atomic mass is 16.2. The van der Waals surface area contributed by atoms with Crippen LogP contribution in [0.5, 0.6) is 0 Å². The van der Waals surface area contributed by atoms with E-state index in [-0.39, 0.29) is 29.8 Å². The molecule has 2 atom stereocenters. The quantitative estimate of drug-likeness (QED) is 0.845. The van der Waals surface area contributed by atoms with Gasteiger partial charge in [-0.05, 0) is 51.2 Å². The zero-order chi connectivity index (χ0) is 15.6. The lowest BCUT2D eigenvalue weighted by molar-refractivity contribution is -0.151. The standard InChI is InChI=1S/C16H29N3O2/c1-5-13-15(20)17-14(11(2)3)16(21)19(13)10-12-6-8-18(4)9-7-12/h11-14H,5-10H2,1-4H3,(H,17,20). The molecule has 0 aliphatic carbocycles. The molecular formula is C16H29N3O2. The molecule has 0 bridgehead atoms. The lowest BCUT2D eigenvalue weighted by Crippen LogP contribution is -2.65. The zero-order valence-corrected chi connectivity index (χ0v) is 13.8. The minimum absolute atomic E-state index is 0.0173. The molecule has 0 radical (unpaired) electrons. The van der Waals surface area contributed by atoms with Crippen molar-refractivity contribution in [3.8, 4) is 0 Å². The summed E-state index contributed by atoms with van der Waals surface area (Å²) in [4.78, 5) is 29.2. The van der Waals surface area contributed by atoms with Crippen molar-refractivity contribution in [1.29, 1.82) is 0 Å². The molecule has 2 rings (SSSR count). The molecule has 2 heterocycles. The molecule has 0 spiro atoms. The minimum Gasteiger partial charge on any atom is -0.342 e. The van der Waals surface area contributed by atoms with Crippen molar-refractivity contribution in [1.82, 2.24) is 15.1 Å². The molecular weight excluding hydrogens is 266 g/mol. The third kappa shape index (κ3) is 3.57. The summed E-state index contributed by atoms with van der Waals surface area (Å²) in [6.45, 7) is 8.87. The van der Waals surface area contributed by atoms with Crippen molar-refractivity contribution in [2.24, 2.45) is 11.8 Å². The molecule has 0 saturated carbocycles. The summed E-state index contributed by atoms with van der Waals surface area (Å²) < 4.78 is 0. The van der Waals surface area contributed by atoms with Crippen molar-refractivity contribution in [3.05, 3.63) is 0 Å². The van der Waals surface area contributed by atoms with Gasteiger partial charge in [-0.25, -0.2) is 0 Å². The van der Waals surface area contributed by atoms with Crippen molar-refractivity contribution in [2.75, 3.05) is 26.7 Å². The van der Waals surface area contributed by atoms with Crippen LogP contribution in [0.1, 0.15) is 40.0 Å². The number of likely N-dealkylation sites (tertiary alicyclic amines) is 1. The van der Waals surface area contributed by atoms with Crippen LogP contribution in [0.2, 0.25) is 0 Å². The van der Waals surface area contributed by atoms with Crippen LogP contribution < -0.4 is 5.32 Å². The molecule has 0 aromatic carbocycles. The van der Waals surface area contributed by atoms with Crippen molar-refractivity contribution >= 4 is 11.8 Å². The highest BCUT2D eigenvalue weighted by molar-refractivity contribution is 5.97. The van der Waals surface area contributed by atoms with Crippen LogP contribution in [0.15, 0.2) is 0 Å². The molecule has 2 aliphatic rings. The van der Waals surface area contributed by atoms with E-state index >= 15 is 0 Å². The highest BCUT2D eigenvalue weighted by Crippen LogP contribution is 2.23. The van der Waals surface area contributed by atoms with Crippen LogP contribution in [0, 0.1) is 11.8 Å². The van der Waals surface area contributed by atoms with Gasteiger partial charge in [0.1, 0.15) is 12.1 Å². The lowest BCUT2D eigenvalue weighted by Gasteiger charge is -2.42. The second-order valence-corrected chi connectivity index (χ2v) is 6.89. The summed E-state index contributed by atoms with van der Waals surface area (Å²) in [6.07, 6.45) is 2.92. The van der Waals surface area contributed by atoms with Gasteiger partial charge in [-0.15, -0.1) is 0 Å². The van der Waals surface area contributed by atoms with Gasteiger partial charge in [-0.3, -0.25) is 9.59 Å². The summed E-state index contributed by atoms with van der Waals surface area (Å²) >= 11 is 0. The summed E-state index contributed by atoms with van der Waals surface area (Å²) in [5.74, 6) is 0.788. The Morgan fingerprint density at radius 2 is 1.86 bits per heavy atom. The van der Waals surface area contributed by atoms with Gasteiger partial charge in [0, 0.05) is 6.54 Å². The first-order valence-electron chi connectivity index (χ1n) is 8.23. The second kappa shape index (κ2) is 6.77. The van der Waals surface area contributed by atoms with Crippen LogP contribution in [0.25, 0.3) is 0 Å². The smallest absolute Gasteiger partial charge is 0.246 e. The van der Waals surface area contributed by atoms with Crippen LogP contribution >= 0.6 is 0 Å². The largest absolute Gasteiger partial charge is 0.342 e. The average Bonchev–Trinajstić information content (AvgIpc) is 2.44. The number of hydrogen-bond donors (Lipinski definition) is 1. The number of carbonyl (C=O) groups is 2. The van der Waals surface area contributed by atoms with Gasteiger partial charge in [-0.2, -0.15) is 0 Å². The first kappa shape index (κ1) is 16.3. The topological polar surface area (TPSA) is 52.7 Å². The Morgan fingerprint density at radius 3 is 2.38 bits per heavy atom. The summed E-state index contributed by atoms with van der Waals surface area (Å²) in [6, 6.07) is -0.640. The lowest BCUT2D eigenvalue weighted by atomic mass is 9.92. The SMILES string of the molecule is CCC1C(=O)NC(C(C)C)C(=O)N1CC1CCN(C)CC1. The van der Waals surface area contributed by atoms with Crippen LogP contribution in [-0.4, -0.2) is 60.4 Å². The summed E-state index contributed by atoms with van der Waals surface area (Å²) in [5.41, 5.74) is 0. The Labute approximate surface area is 128 Å². The molecule has 2 unspecified atom stereocenters. The van der Waals surface area contributed by atoms with Crippen LogP contribution in [0.3, 0.4) is 0 Å². The molecule has 21 heavy (non-hydrogen) atoms. The predicted molar refractivity (Wildman–Crippen MR) is 82.8 cm³/mol. The fraction of sp³-hybridized carbons (Fsp3) is 0.875. The Hall–Kier alpha value is -1.10. The van der Waals surface area contributed by atoms with Crippen LogP contribution in [0.4, 0.5) is 0 Å². The molecule has 0 aromatic rings. The number of hydrogen-bond acceptors (Lipinski definition) is 3. The molecule has 0 aromatic heterocycles. The van der Waals surface area contributed by atoms with E-state index in [0.29, 0.717) is 12.3 Å². The average molecular weight is 295 g/mol.